The predicted molar refractivity (Wildman–Crippen MR) is 39.2 cm³/mol. The van der Waals surface area contributed by atoms with Crippen LogP contribution in [0.15, 0.2) is 11.8 Å². The average Bonchev–Trinajstić information content (AvgIpc) is 2.17. The third kappa shape index (κ3) is 2.05. The van der Waals surface area contributed by atoms with E-state index in [0.29, 0.717) is 13.0 Å². The number of Topliss-reactive ketones (excluding diaryl/α,β-unsaturated/α-hetero) is 1. The van der Waals surface area contributed by atoms with E-state index in [1.807, 2.05) is 0 Å². The zero-order chi connectivity index (χ0) is 10.8. The smallest absolute Gasteiger partial charge is 0.368 e. The van der Waals surface area contributed by atoms with E-state index in [1.54, 1.807) is 0 Å². The van der Waals surface area contributed by atoms with Crippen molar-refractivity contribution in [3.8, 4) is 0 Å². The number of halogens is 4. The summed E-state index contributed by atoms with van der Waals surface area (Å²) < 4.78 is 53.2. The molecule has 0 aromatic carbocycles. The van der Waals surface area contributed by atoms with E-state index < -0.39 is 18.1 Å². The van der Waals surface area contributed by atoms with Gasteiger partial charge >= 0.3 is 12.3 Å². The molecule has 0 atom stereocenters. The topological polar surface area (TPSA) is 26.3 Å². The van der Waals surface area contributed by atoms with Crippen LogP contribution in [0.3, 0.4) is 0 Å². The van der Waals surface area contributed by atoms with Crippen molar-refractivity contribution in [2.75, 3.05) is 6.61 Å². The maximum Gasteiger partial charge on any atom is 0.368 e. The summed E-state index contributed by atoms with van der Waals surface area (Å²) in [7, 11) is 0. The van der Waals surface area contributed by atoms with Crippen molar-refractivity contribution in [1.29, 1.82) is 0 Å². The molecule has 2 nitrogen and oxygen atoms in total. The first-order valence-electron chi connectivity index (χ1n) is 3.97. The molecule has 0 aromatic heterocycles. The van der Waals surface area contributed by atoms with Gasteiger partial charge < -0.3 is 4.74 Å². The Bertz CT molecular complexity index is 260. The first-order valence-corrected chi connectivity index (χ1v) is 3.97. The molecule has 0 radical (unpaired) electrons. The zero-order valence-electron chi connectivity index (χ0n) is 7.10. The molecule has 0 N–H and O–H groups in total. The van der Waals surface area contributed by atoms with Crippen LogP contribution in [0.4, 0.5) is 17.6 Å². The molecule has 1 heterocycles. The molecule has 14 heavy (non-hydrogen) atoms. The summed E-state index contributed by atoms with van der Waals surface area (Å²) in [6, 6.07) is 0. The number of ketones is 1. The Balaban J connectivity index is 2.78. The van der Waals surface area contributed by atoms with Crippen LogP contribution in [0.1, 0.15) is 12.8 Å². The van der Waals surface area contributed by atoms with E-state index in [2.05, 4.69) is 4.74 Å². The Morgan fingerprint density at radius 2 is 2.14 bits per heavy atom. The number of alkyl halides is 4. The van der Waals surface area contributed by atoms with Gasteiger partial charge in [-0.1, -0.05) is 0 Å². The molecule has 1 rings (SSSR count). The molecule has 0 unspecified atom stereocenters. The van der Waals surface area contributed by atoms with E-state index in [9.17, 15) is 22.4 Å². The standard InChI is InChI=1S/C8H8F4O2/c9-7(10)8(11,12)6(13)5-2-1-3-14-4-5/h4,7H,1-3H2. The quantitative estimate of drug-likeness (QED) is 0.670. The molecule has 0 saturated carbocycles. The summed E-state index contributed by atoms with van der Waals surface area (Å²) in [6.45, 7) is 0.316. The monoisotopic (exact) mass is 212 g/mol. The molecule has 0 fully saturated rings. The van der Waals surface area contributed by atoms with Crippen LogP contribution in [0.25, 0.3) is 0 Å². The van der Waals surface area contributed by atoms with Gasteiger partial charge in [0.25, 0.3) is 0 Å². The van der Waals surface area contributed by atoms with Crippen molar-refractivity contribution >= 4 is 5.78 Å². The maximum absolute atomic E-state index is 12.5. The minimum Gasteiger partial charge on any atom is -0.501 e. The highest BCUT2D eigenvalue weighted by molar-refractivity contribution is 6.00. The number of rotatable bonds is 3. The minimum absolute atomic E-state index is 0.0567. The normalized spacial score (nSPS) is 17.6. The molecule has 0 bridgehead atoms. The van der Waals surface area contributed by atoms with Crippen molar-refractivity contribution in [2.45, 2.75) is 25.2 Å². The van der Waals surface area contributed by atoms with Gasteiger partial charge in [0.1, 0.15) is 0 Å². The number of allylic oxidation sites excluding steroid dienone is 1. The van der Waals surface area contributed by atoms with Crippen LogP contribution in [-0.2, 0) is 9.53 Å². The Morgan fingerprint density at radius 1 is 1.50 bits per heavy atom. The second-order valence-electron chi connectivity index (χ2n) is 2.87. The van der Waals surface area contributed by atoms with E-state index in [0.717, 1.165) is 6.26 Å². The fourth-order valence-electron chi connectivity index (χ4n) is 1.04. The fraction of sp³-hybridized carbons (Fsp3) is 0.625. The molecule has 0 amide bonds. The van der Waals surface area contributed by atoms with Gasteiger partial charge in [-0.15, -0.1) is 0 Å². The average molecular weight is 212 g/mol. The van der Waals surface area contributed by atoms with Crippen molar-refractivity contribution in [1.82, 2.24) is 0 Å². The second-order valence-corrected chi connectivity index (χ2v) is 2.87. The van der Waals surface area contributed by atoms with Gasteiger partial charge in [-0.25, -0.2) is 8.78 Å². The third-order valence-electron chi connectivity index (χ3n) is 1.80. The van der Waals surface area contributed by atoms with Crippen LogP contribution in [-0.4, -0.2) is 24.7 Å². The molecule has 1 aliphatic rings. The maximum atomic E-state index is 12.5. The fourth-order valence-corrected chi connectivity index (χ4v) is 1.04. The van der Waals surface area contributed by atoms with E-state index in [4.69, 9.17) is 0 Å². The number of ether oxygens (including phenoxy) is 1. The summed E-state index contributed by atoms with van der Waals surface area (Å²) in [5.74, 6) is -6.45. The lowest BCUT2D eigenvalue weighted by Gasteiger charge is -2.18. The summed E-state index contributed by atoms with van der Waals surface area (Å²) in [4.78, 5) is 10.9. The summed E-state index contributed by atoms with van der Waals surface area (Å²) in [6.07, 6.45) is -2.70. The highest BCUT2D eigenvalue weighted by Crippen LogP contribution is 2.29. The van der Waals surface area contributed by atoms with Gasteiger partial charge in [-0.2, -0.15) is 8.78 Å². The summed E-state index contributed by atoms with van der Waals surface area (Å²) in [5.41, 5.74) is -0.374. The van der Waals surface area contributed by atoms with Crippen LogP contribution < -0.4 is 0 Å². The first kappa shape index (κ1) is 11.0. The van der Waals surface area contributed by atoms with E-state index in [-0.39, 0.29) is 12.0 Å². The Labute approximate surface area is 77.5 Å². The van der Waals surface area contributed by atoms with Gasteiger partial charge in [0.05, 0.1) is 12.9 Å². The molecule has 80 valence electrons. The highest BCUT2D eigenvalue weighted by atomic mass is 19.3. The third-order valence-corrected chi connectivity index (χ3v) is 1.80. The predicted octanol–water partition coefficient (Wildman–Crippen LogP) is 2.15. The van der Waals surface area contributed by atoms with E-state index >= 15 is 0 Å². The van der Waals surface area contributed by atoms with Crippen LogP contribution >= 0.6 is 0 Å². The minimum atomic E-state index is -4.60. The first-order chi connectivity index (χ1) is 6.46. The zero-order valence-corrected chi connectivity index (χ0v) is 7.10. The van der Waals surface area contributed by atoms with E-state index in [1.165, 1.54) is 0 Å². The van der Waals surface area contributed by atoms with Crippen LogP contribution in [0.2, 0.25) is 0 Å². The molecule has 0 spiro atoms. The van der Waals surface area contributed by atoms with Gasteiger partial charge in [0.15, 0.2) is 0 Å². The molecule has 1 aliphatic heterocycles. The van der Waals surface area contributed by atoms with Crippen LogP contribution in [0.5, 0.6) is 0 Å². The molecule has 6 heteroatoms. The van der Waals surface area contributed by atoms with Crippen molar-refractivity contribution in [2.24, 2.45) is 0 Å². The summed E-state index contributed by atoms with van der Waals surface area (Å²) in [5, 5.41) is 0. The number of hydrogen-bond acceptors (Lipinski definition) is 2. The van der Waals surface area contributed by atoms with Crippen LogP contribution in [0, 0.1) is 0 Å². The Kier molecular flexibility index (Phi) is 3.13. The van der Waals surface area contributed by atoms with Crippen molar-refractivity contribution in [3.63, 3.8) is 0 Å². The SMILES string of the molecule is O=C(C1=COCCC1)C(F)(F)C(F)F. The lowest BCUT2D eigenvalue weighted by molar-refractivity contribution is -0.163. The molecule has 0 saturated heterocycles. The Hall–Kier alpha value is -1.07. The van der Waals surface area contributed by atoms with Gasteiger partial charge in [-0.3, -0.25) is 4.79 Å². The van der Waals surface area contributed by atoms with Crippen molar-refractivity contribution in [3.05, 3.63) is 11.8 Å². The lowest BCUT2D eigenvalue weighted by Crippen LogP contribution is -2.38. The van der Waals surface area contributed by atoms with Gasteiger partial charge in [-0.05, 0) is 12.8 Å². The second kappa shape index (κ2) is 3.98. The number of carbonyl (C=O) groups excluding carboxylic acids is 1. The number of hydrogen-bond donors (Lipinski definition) is 0. The van der Waals surface area contributed by atoms with Crippen molar-refractivity contribution < 1.29 is 27.1 Å². The highest BCUT2D eigenvalue weighted by Gasteiger charge is 2.49. The molecular formula is C8H8F4O2. The molecule has 0 aromatic rings. The Morgan fingerprint density at radius 3 is 2.57 bits per heavy atom. The molecular weight excluding hydrogens is 204 g/mol. The summed E-state index contributed by atoms with van der Waals surface area (Å²) >= 11 is 0. The van der Waals surface area contributed by atoms with Gasteiger partial charge in [0, 0.05) is 5.57 Å². The van der Waals surface area contributed by atoms with Gasteiger partial charge in [0.2, 0.25) is 5.78 Å². The lowest BCUT2D eigenvalue weighted by atomic mass is 10.0. The molecule has 0 aliphatic carbocycles. The number of carbonyl (C=O) groups is 1. The largest absolute Gasteiger partial charge is 0.501 e.